The molecule has 0 spiro atoms. The Balaban J connectivity index is 2.75. The lowest BCUT2D eigenvalue weighted by Crippen LogP contribution is -2.41. The lowest BCUT2D eigenvalue weighted by Gasteiger charge is -2.28. The second-order valence-electron chi connectivity index (χ2n) is 3.91. The van der Waals surface area contributed by atoms with Crippen molar-refractivity contribution in [3.63, 3.8) is 0 Å². The van der Waals surface area contributed by atoms with Crippen LogP contribution in [-0.4, -0.2) is 37.5 Å². The average Bonchev–Trinajstić information content (AvgIpc) is 2.83. The quantitative estimate of drug-likeness (QED) is 0.736. The van der Waals surface area contributed by atoms with E-state index in [4.69, 9.17) is 10.2 Å². The van der Waals surface area contributed by atoms with E-state index in [2.05, 4.69) is 12.2 Å². The van der Waals surface area contributed by atoms with E-state index in [-0.39, 0.29) is 11.9 Å². The van der Waals surface area contributed by atoms with Gasteiger partial charge in [0.25, 0.3) is 0 Å². The van der Waals surface area contributed by atoms with Crippen molar-refractivity contribution in [2.75, 3.05) is 26.7 Å². The minimum atomic E-state index is -0.0396. The van der Waals surface area contributed by atoms with Crippen molar-refractivity contribution in [3.05, 3.63) is 24.2 Å². The molecule has 0 aliphatic carbocycles. The third-order valence-corrected chi connectivity index (χ3v) is 2.67. The number of rotatable bonds is 7. The van der Waals surface area contributed by atoms with E-state index < -0.39 is 0 Å². The molecule has 0 bridgehead atoms. The first-order chi connectivity index (χ1) is 8.22. The number of carbonyl (C=O) groups is 1. The summed E-state index contributed by atoms with van der Waals surface area (Å²) in [5, 5.41) is 2.63. The van der Waals surface area contributed by atoms with Crippen molar-refractivity contribution in [1.29, 1.82) is 0 Å². The van der Waals surface area contributed by atoms with Gasteiger partial charge >= 0.3 is 0 Å². The number of hydrogen-bond acceptors (Lipinski definition) is 4. The molecule has 17 heavy (non-hydrogen) atoms. The van der Waals surface area contributed by atoms with Crippen molar-refractivity contribution in [2.24, 2.45) is 5.73 Å². The number of furan rings is 1. The first-order valence-electron chi connectivity index (χ1n) is 5.91. The molecule has 3 N–H and O–H groups in total. The molecular weight excluding hydrogens is 218 g/mol. The van der Waals surface area contributed by atoms with Crippen LogP contribution in [0.3, 0.4) is 0 Å². The van der Waals surface area contributed by atoms with Gasteiger partial charge in [-0.05, 0) is 25.1 Å². The lowest BCUT2D eigenvalue weighted by atomic mass is 10.1. The smallest absolute Gasteiger partial charge is 0.233 e. The molecule has 1 aromatic rings. The molecule has 0 fully saturated rings. The number of hydrogen-bond donors (Lipinski definition) is 2. The highest BCUT2D eigenvalue weighted by Crippen LogP contribution is 2.20. The van der Waals surface area contributed by atoms with Crippen LogP contribution in [0.4, 0.5) is 0 Å². The van der Waals surface area contributed by atoms with E-state index in [9.17, 15) is 4.79 Å². The zero-order valence-corrected chi connectivity index (χ0v) is 10.5. The molecule has 96 valence electrons. The van der Waals surface area contributed by atoms with Gasteiger partial charge in [-0.2, -0.15) is 0 Å². The predicted molar refractivity (Wildman–Crippen MR) is 66.4 cm³/mol. The largest absolute Gasteiger partial charge is 0.468 e. The topological polar surface area (TPSA) is 71.5 Å². The Hall–Kier alpha value is -1.33. The SMILES string of the molecule is CCCN(CC(=O)NC)C(CN)c1ccco1. The van der Waals surface area contributed by atoms with Gasteiger partial charge in [-0.15, -0.1) is 0 Å². The maximum Gasteiger partial charge on any atom is 0.233 e. The van der Waals surface area contributed by atoms with Crippen LogP contribution in [0.25, 0.3) is 0 Å². The molecule has 1 amide bonds. The number of carbonyl (C=O) groups excluding carboxylic acids is 1. The summed E-state index contributed by atoms with van der Waals surface area (Å²) in [6, 6.07) is 3.69. The van der Waals surface area contributed by atoms with Crippen LogP contribution in [0, 0.1) is 0 Å². The Morgan fingerprint density at radius 1 is 1.65 bits per heavy atom. The van der Waals surface area contributed by atoms with Gasteiger partial charge in [0.05, 0.1) is 18.8 Å². The van der Waals surface area contributed by atoms with Crippen molar-refractivity contribution in [3.8, 4) is 0 Å². The fourth-order valence-corrected chi connectivity index (χ4v) is 1.82. The van der Waals surface area contributed by atoms with Gasteiger partial charge in [-0.25, -0.2) is 0 Å². The predicted octanol–water partition coefficient (Wildman–Crippen LogP) is 0.737. The van der Waals surface area contributed by atoms with Crippen molar-refractivity contribution >= 4 is 5.91 Å². The summed E-state index contributed by atoms with van der Waals surface area (Å²) >= 11 is 0. The van der Waals surface area contributed by atoms with Gasteiger partial charge in [-0.1, -0.05) is 6.92 Å². The summed E-state index contributed by atoms with van der Waals surface area (Å²) < 4.78 is 5.38. The third-order valence-electron chi connectivity index (χ3n) is 2.67. The second-order valence-corrected chi connectivity index (χ2v) is 3.91. The van der Waals surface area contributed by atoms with E-state index in [1.807, 2.05) is 17.0 Å². The van der Waals surface area contributed by atoms with Crippen molar-refractivity contribution in [2.45, 2.75) is 19.4 Å². The number of likely N-dealkylation sites (N-methyl/N-ethyl adjacent to an activating group) is 1. The fourth-order valence-electron chi connectivity index (χ4n) is 1.82. The molecule has 0 radical (unpaired) electrons. The standard InChI is InChI=1S/C12H21N3O2/c1-3-6-15(9-12(16)14-2)10(8-13)11-5-4-7-17-11/h4-5,7,10H,3,6,8-9,13H2,1-2H3,(H,14,16). The minimum Gasteiger partial charge on any atom is -0.468 e. The van der Waals surface area contributed by atoms with Gasteiger partial charge in [0.1, 0.15) is 5.76 Å². The highest BCUT2D eigenvalue weighted by molar-refractivity contribution is 5.77. The Morgan fingerprint density at radius 2 is 2.41 bits per heavy atom. The summed E-state index contributed by atoms with van der Waals surface area (Å²) in [5.74, 6) is 0.799. The molecule has 1 heterocycles. The van der Waals surface area contributed by atoms with E-state index in [0.717, 1.165) is 18.7 Å². The maximum atomic E-state index is 11.5. The summed E-state index contributed by atoms with van der Waals surface area (Å²) in [5.41, 5.74) is 5.78. The molecule has 5 heteroatoms. The van der Waals surface area contributed by atoms with Gasteiger partial charge < -0.3 is 15.5 Å². The summed E-state index contributed by atoms with van der Waals surface area (Å²) in [6.45, 7) is 3.67. The molecule has 1 rings (SSSR count). The highest BCUT2D eigenvalue weighted by atomic mass is 16.3. The monoisotopic (exact) mass is 239 g/mol. The third kappa shape index (κ3) is 3.87. The van der Waals surface area contributed by atoms with Crippen LogP contribution in [0.2, 0.25) is 0 Å². The van der Waals surface area contributed by atoms with Crippen LogP contribution < -0.4 is 11.1 Å². The lowest BCUT2D eigenvalue weighted by molar-refractivity contribution is -0.122. The summed E-state index contributed by atoms with van der Waals surface area (Å²) in [6.07, 6.45) is 2.59. The number of amides is 1. The normalized spacial score (nSPS) is 12.7. The first kappa shape index (κ1) is 13.7. The van der Waals surface area contributed by atoms with Gasteiger partial charge in [0.15, 0.2) is 0 Å². The van der Waals surface area contributed by atoms with Crippen molar-refractivity contribution < 1.29 is 9.21 Å². The zero-order valence-electron chi connectivity index (χ0n) is 10.5. The summed E-state index contributed by atoms with van der Waals surface area (Å²) in [7, 11) is 1.64. The first-order valence-corrected chi connectivity index (χ1v) is 5.91. The number of nitrogens with zero attached hydrogens (tertiary/aromatic N) is 1. The Bertz CT molecular complexity index is 325. The van der Waals surface area contributed by atoms with Crippen LogP contribution in [0.5, 0.6) is 0 Å². The fraction of sp³-hybridized carbons (Fsp3) is 0.583. The molecule has 0 saturated heterocycles. The highest BCUT2D eigenvalue weighted by Gasteiger charge is 2.22. The van der Waals surface area contributed by atoms with E-state index >= 15 is 0 Å². The van der Waals surface area contributed by atoms with Gasteiger partial charge in [0.2, 0.25) is 5.91 Å². The minimum absolute atomic E-state index is 0.0107. The number of nitrogens with two attached hydrogens (primary N) is 1. The van der Waals surface area contributed by atoms with E-state index in [1.165, 1.54) is 0 Å². The molecular formula is C12H21N3O2. The van der Waals surface area contributed by atoms with Gasteiger partial charge in [-0.3, -0.25) is 9.69 Å². The molecule has 0 aliphatic heterocycles. The molecule has 0 aliphatic rings. The van der Waals surface area contributed by atoms with E-state index in [1.54, 1.807) is 13.3 Å². The molecule has 1 atom stereocenters. The molecule has 1 aromatic heterocycles. The maximum absolute atomic E-state index is 11.5. The Morgan fingerprint density at radius 3 is 2.88 bits per heavy atom. The average molecular weight is 239 g/mol. The van der Waals surface area contributed by atoms with Crippen LogP contribution in [0.1, 0.15) is 25.1 Å². The van der Waals surface area contributed by atoms with Crippen LogP contribution >= 0.6 is 0 Å². The van der Waals surface area contributed by atoms with Crippen LogP contribution in [-0.2, 0) is 4.79 Å². The molecule has 1 unspecified atom stereocenters. The van der Waals surface area contributed by atoms with Crippen molar-refractivity contribution in [1.82, 2.24) is 10.2 Å². The Kier molecular flexibility index (Phi) is 5.72. The summed E-state index contributed by atoms with van der Waals surface area (Å²) in [4.78, 5) is 13.5. The Labute approximate surface area is 102 Å². The van der Waals surface area contributed by atoms with Gasteiger partial charge in [0, 0.05) is 13.6 Å². The molecule has 5 nitrogen and oxygen atoms in total. The second kappa shape index (κ2) is 7.09. The molecule has 0 aromatic carbocycles. The number of nitrogens with one attached hydrogen (secondary N) is 1. The zero-order chi connectivity index (χ0) is 12.7. The molecule has 0 saturated carbocycles. The van der Waals surface area contributed by atoms with Crippen LogP contribution in [0.15, 0.2) is 22.8 Å². The van der Waals surface area contributed by atoms with E-state index in [0.29, 0.717) is 13.1 Å².